The highest BCUT2D eigenvalue weighted by atomic mass is 19.4. The summed E-state index contributed by atoms with van der Waals surface area (Å²) >= 11 is 0. The van der Waals surface area contributed by atoms with Gasteiger partial charge in [-0.1, -0.05) is 60.7 Å². The van der Waals surface area contributed by atoms with Crippen LogP contribution in [0.1, 0.15) is 46.4 Å². The average molecular weight is 468 g/mol. The van der Waals surface area contributed by atoms with Gasteiger partial charge >= 0.3 is 12.1 Å². The van der Waals surface area contributed by atoms with Crippen LogP contribution in [-0.4, -0.2) is 25.6 Å². The number of hydrogen-bond donors (Lipinski definition) is 0. The number of ether oxygens (including phenoxy) is 1. The summed E-state index contributed by atoms with van der Waals surface area (Å²) in [6.07, 6.45) is -4.28. The summed E-state index contributed by atoms with van der Waals surface area (Å²) in [6, 6.07) is 19.2. The maximum Gasteiger partial charge on any atom is 0.453 e. The molecular weight excluding hydrogens is 445 g/mol. The fourth-order valence-electron chi connectivity index (χ4n) is 3.86. The second-order valence-corrected chi connectivity index (χ2v) is 7.99. The first kappa shape index (κ1) is 23.4. The highest BCUT2D eigenvalue weighted by Gasteiger charge is 2.37. The molecule has 0 saturated heterocycles. The maximum atomic E-state index is 13.0. The molecule has 2 heterocycles. The van der Waals surface area contributed by atoms with E-state index in [2.05, 4.69) is 15.1 Å². The Labute approximate surface area is 194 Å². The second-order valence-electron chi connectivity index (χ2n) is 7.99. The minimum Gasteiger partial charge on any atom is -0.457 e. The van der Waals surface area contributed by atoms with Crippen LogP contribution in [0.4, 0.5) is 13.2 Å². The van der Waals surface area contributed by atoms with E-state index in [0.717, 1.165) is 15.6 Å². The zero-order chi connectivity index (χ0) is 24.3. The van der Waals surface area contributed by atoms with Gasteiger partial charge in [0.15, 0.2) is 0 Å². The van der Waals surface area contributed by atoms with Crippen LogP contribution in [0.5, 0.6) is 0 Å². The Kier molecular flexibility index (Phi) is 6.63. The minimum absolute atomic E-state index is 0.0494. The fraction of sp³-hybridized carbons (Fsp3) is 0.280. The van der Waals surface area contributed by atoms with Gasteiger partial charge in [-0.05, 0) is 37.0 Å². The lowest BCUT2D eigenvalue weighted by molar-refractivity contribution is -0.149. The third-order valence-electron chi connectivity index (χ3n) is 5.59. The Bertz CT molecular complexity index is 1290. The Morgan fingerprint density at radius 3 is 2.29 bits per heavy atom. The Morgan fingerprint density at radius 2 is 1.65 bits per heavy atom. The van der Waals surface area contributed by atoms with Crippen LogP contribution in [0.15, 0.2) is 60.7 Å². The Hall–Kier alpha value is -3.75. The van der Waals surface area contributed by atoms with E-state index in [1.54, 1.807) is 13.8 Å². The molecule has 176 valence electrons. The summed E-state index contributed by atoms with van der Waals surface area (Å²) < 4.78 is 45.9. The van der Waals surface area contributed by atoms with Crippen molar-refractivity contribution in [2.24, 2.45) is 0 Å². The van der Waals surface area contributed by atoms with Gasteiger partial charge in [0, 0.05) is 24.2 Å². The highest BCUT2D eigenvalue weighted by Crippen LogP contribution is 2.28. The van der Waals surface area contributed by atoms with Crippen molar-refractivity contribution in [2.75, 3.05) is 0 Å². The molecule has 0 bridgehead atoms. The molecule has 0 saturated carbocycles. The lowest BCUT2D eigenvalue weighted by Gasteiger charge is -2.19. The van der Waals surface area contributed by atoms with Crippen molar-refractivity contribution < 1.29 is 22.7 Å². The molecule has 0 N–H and O–H groups in total. The highest BCUT2D eigenvalue weighted by molar-refractivity contribution is 5.70. The number of halogens is 3. The molecule has 0 radical (unpaired) electrons. The first-order valence-corrected chi connectivity index (χ1v) is 10.8. The lowest BCUT2D eigenvalue weighted by Crippen LogP contribution is -2.15. The number of alkyl halides is 3. The minimum atomic E-state index is -4.66. The summed E-state index contributed by atoms with van der Waals surface area (Å²) in [5, 5.41) is 3.55. The number of aromatic nitrogens is 4. The third kappa shape index (κ3) is 5.24. The smallest absolute Gasteiger partial charge is 0.453 e. The molecule has 2 aromatic carbocycles. The topological polar surface area (TPSA) is 69.4 Å². The molecule has 4 rings (SSSR count). The van der Waals surface area contributed by atoms with Crippen LogP contribution in [-0.2, 0) is 28.5 Å². The molecule has 0 aliphatic carbocycles. The van der Waals surface area contributed by atoms with Crippen molar-refractivity contribution in [3.63, 3.8) is 0 Å². The zero-order valence-corrected chi connectivity index (χ0v) is 18.7. The van der Waals surface area contributed by atoms with Gasteiger partial charge in [0.2, 0.25) is 0 Å². The van der Waals surface area contributed by atoms with E-state index < -0.39 is 24.1 Å². The van der Waals surface area contributed by atoms with Crippen molar-refractivity contribution in [1.82, 2.24) is 19.6 Å². The number of fused-ring (bicyclic) bond motifs is 1. The first-order valence-electron chi connectivity index (χ1n) is 10.8. The van der Waals surface area contributed by atoms with Gasteiger partial charge < -0.3 is 4.74 Å². The largest absolute Gasteiger partial charge is 0.457 e. The van der Waals surface area contributed by atoms with Crippen LogP contribution < -0.4 is 0 Å². The summed E-state index contributed by atoms with van der Waals surface area (Å²) in [5.41, 5.74) is 3.53. The molecule has 1 atom stereocenters. The van der Waals surface area contributed by atoms with E-state index in [1.165, 1.54) is 0 Å². The lowest BCUT2D eigenvalue weighted by atomic mass is 10.0. The summed E-state index contributed by atoms with van der Waals surface area (Å²) in [5.74, 6) is -1.77. The molecular formula is C25H23F3N4O2. The molecule has 1 unspecified atom stereocenters. The van der Waals surface area contributed by atoms with Gasteiger partial charge in [-0.15, -0.1) is 5.10 Å². The zero-order valence-electron chi connectivity index (χ0n) is 18.7. The molecule has 6 nitrogen and oxygen atoms in total. The predicted molar refractivity (Wildman–Crippen MR) is 119 cm³/mol. The number of carbonyl (C=O) groups is 1. The Morgan fingerprint density at radius 1 is 1.00 bits per heavy atom. The number of hydrogen-bond acceptors (Lipinski definition) is 5. The molecule has 0 amide bonds. The molecule has 0 aliphatic heterocycles. The second kappa shape index (κ2) is 9.62. The summed E-state index contributed by atoms with van der Waals surface area (Å²) in [6.45, 7) is 3.32. The van der Waals surface area contributed by atoms with Crippen molar-refractivity contribution >= 4 is 11.7 Å². The standard InChI is InChI=1S/C25H23F3N4O2/c1-16-20(17(2)32-24(29-16)30-23(31-32)25(26,27)28)13-14-22(33)34-21(19-11-7-4-8-12-19)15-18-9-5-3-6-10-18/h3-12,21H,13-15H2,1-2H3. The number of aryl methyl sites for hydroxylation is 2. The van der Waals surface area contributed by atoms with E-state index in [4.69, 9.17) is 4.74 Å². The summed E-state index contributed by atoms with van der Waals surface area (Å²) in [4.78, 5) is 20.4. The van der Waals surface area contributed by atoms with Gasteiger partial charge in [-0.2, -0.15) is 18.2 Å². The molecule has 2 aromatic heterocycles. The fourth-order valence-corrected chi connectivity index (χ4v) is 3.86. The van der Waals surface area contributed by atoms with Crippen molar-refractivity contribution in [3.8, 4) is 0 Å². The maximum absolute atomic E-state index is 13.0. The van der Waals surface area contributed by atoms with Crippen LogP contribution in [0.3, 0.4) is 0 Å². The van der Waals surface area contributed by atoms with Gasteiger partial charge in [0.05, 0.1) is 0 Å². The van der Waals surface area contributed by atoms with E-state index in [-0.39, 0.29) is 18.6 Å². The molecule has 9 heteroatoms. The number of esters is 1. The van der Waals surface area contributed by atoms with Crippen molar-refractivity contribution in [3.05, 3.63) is 94.6 Å². The predicted octanol–water partition coefficient (Wildman–Crippen LogP) is 5.22. The van der Waals surface area contributed by atoms with E-state index in [9.17, 15) is 18.0 Å². The normalized spacial score (nSPS) is 12.6. The number of nitrogens with zero attached hydrogens (tertiary/aromatic N) is 4. The molecule has 4 aromatic rings. The van der Waals surface area contributed by atoms with E-state index in [1.807, 2.05) is 60.7 Å². The quantitative estimate of drug-likeness (QED) is 0.348. The number of benzene rings is 2. The van der Waals surface area contributed by atoms with Crippen LogP contribution >= 0.6 is 0 Å². The van der Waals surface area contributed by atoms with Gasteiger partial charge in [0.25, 0.3) is 11.6 Å². The average Bonchev–Trinajstić information content (AvgIpc) is 3.25. The molecule has 0 spiro atoms. The van der Waals surface area contributed by atoms with E-state index in [0.29, 0.717) is 23.4 Å². The van der Waals surface area contributed by atoms with Crippen LogP contribution in [0.2, 0.25) is 0 Å². The first-order chi connectivity index (χ1) is 16.2. The Balaban J connectivity index is 1.50. The molecule has 0 aliphatic rings. The van der Waals surface area contributed by atoms with Gasteiger partial charge in [0.1, 0.15) is 6.10 Å². The molecule has 34 heavy (non-hydrogen) atoms. The van der Waals surface area contributed by atoms with Crippen LogP contribution in [0, 0.1) is 13.8 Å². The number of carbonyl (C=O) groups excluding carboxylic acids is 1. The third-order valence-corrected chi connectivity index (χ3v) is 5.59. The SMILES string of the molecule is Cc1nc2nc(C(F)(F)F)nn2c(C)c1CCC(=O)OC(Cc1ccccc1)c1ccccc1. The monoisotopic (exact) mass is 468 g/mol. The van der Waals surface area contributed by atoms with Gasteiger partial charge in [-0.25, -0.2) is 9.50 Å². The van der Waals surface area contributed by atoms with Crippen LogP contribution in [0.25, 0.3) is 5.78 Å². The van der Waals surface area contributed by atoms with Gasteiger partial charge in [-0.3, -0.25) is 4.79 Å². The summed E-state index contributed by atoms with van der Waals surface area (Å²) in [7, 11) is 0. The molecule has 0 fully saturated rings. The number of rotatable bonds is 7. The van der Waals surface area contributed by atoms with Crippen molar-refractivity contribution in [1.29, 1.82) is 0 Å². The van der Waals surface area contributed by atoms with E-state index >= 15 is 0 Å². The van der Waals surface area contributed by atoms with Crippen molar-refractivity contribution in [2.45, 2.75) is 45.4 Å².